The van der Waals surface area contributed by atoms with E-state index in [2.05, 4.69) is 20.8 Å². The van der Waals surface area contributed by atoms with Gasteiger partial charge in [-0.2, -0.15) is 0 Å². The van der Waals surface area contributed by atoms with Gasteiger partial charge in [-0.25, -0.2) is 0 Å². The smallest absolute Gasteiger partial charge is 0.223 e. The van der Waals surface area contributed by atoms with Crippen molar-refractivity contribution in [2.75, 3.05) is 13.2 Å². The molecule has 1 rings (SSSR count). The van der Waals surface area contributed by atoms with Crippen molar-refractivity contribution in [3.8, 4) is 0 Å². The SMILES string of the molecule is CC(C)C(C)CC(=O)N(CCO)C1CC1. The summed E-state index contributed by atoms with van der Waals surface area (Å²) in [4.78, 5) is 13.8. The van der Waals surface area contributed by atoms with Gasteiger partial charge in [-0.1, -0.05) is 20.8 Å². The molecule has 3 nitrogen and oxygen atoms in total. The van der Waals surface area contributed by atoms with Crippen LogP contribution in [0.15, 0.2) is 0 Å². The Morgan fingerprint density at radius 2 is 2.00 bits per heavy atom. The van der Waals surface area contributed by atoms with E-state index in [4.69, 9.17) is 5.11 Å². The average Bonchev–Trinajstić information content (AvgIpc) is 2.97. The number of nitrogens with zero attached hydrogens (tertiary/aromatic N) is 1. The maximum atomic E-state index is 11.9. The minimum atomic E-state index is 0.0816. The first-order valence-corrected chi connectivity index (χ1v) is 5.96. The summed E-state index contributed by atoms with van der Waals surface area (Å²) in [5.41, 5.74) is 0. The van der Waals surface area contributed by atoms with Gasteiger partial charge in [-0.3, -0.25) is 4.79 Å². The Bertz CT molecular complexity index is 212. The summed E-state index contributed by atoms with van der Waals surface area (Å²) < 4.78 is 0. The molecule has 0 aromatic rings. The van der Waals surface area contributed by atoms with E-state index in [9.17, 15) is 4.79 Å². The van der Waals surface area contributed by atoms with Gasteiger partial charge >= 0.3 is 0 Å². The zero-order valence-corrected chi connectivity index (χ0v) is 10.1. The molecule has 1 unspecified atom stereocenters. The van der Waals surface area contributed by atoms with Gasteiger partial charge in [0.15, 0.2) is 0 Å². The number of hydrogen-bond acceptors (Lipinski definition) is 2. The molecule has 0 bridgehead atoms. The van der Waals surface area contributed by atoms with Crippen LogP contribution in [-0.2, 0) is 4.79 Å². The Morgan fingerprint density at radius 1 is 1.40 bits per heavy atom. The van der Waals surface area contributed by atoms with E-state index in [-0.39, 0.29) is 12.5 Å². The summed E-state index contributed by atoms with van der Waals surface area (Å²) in [6, 6.07) is 0.420. The Kier molecular flexibility index (Phi) is 4.58. The number of aliphatic hydroxyl groups is 1. The van der Waals surface area contributed by atoms with Crippen LogP contribution in [0, 0.1) is 11.8 Å². The van der Waals surface area contributed by atoms with Crippen LogP contribution in [0.4, 0.5) is 0 Å². The molecule has 1 amide bonds. The zero-order chi connectivity index (χ0) is 11.4. The highest BCUT2D eigenvalue weighted by atomic mass is 16.3. The molecule has 0 aliphatic heterocycles. The predicted octanol–water partition coefficient (Wildman–Crippen LogP) is 1.65. The van der Waals surface area contributed by atoms with Gasteiger partial charge in [0.2, 0.25) is 5.91 Å². The minimum Gasteiger partial charge on any atom is -0.395 e. The zero-order valence-electron chi connectivity index (χ0n) is 10.1. The van der Waals surface area contributed by atoms with Gasteiger partial charge in [-0.15, -0.1) is 0 Å². The Hall–Kier alpha value is -0.570. The molecular weight excluding hydrogens is 190 g/mol. The third-order valence-electron chi connectivity index (χ3n) is 3.28. The highest BCUT2D eigenvalue weighted by Gasteiger charge is 2.32. The van der Waals surface area contributed by atoms with Gasteiger partial charge in [-0.05, 0) is 24.7 Å². The van der Waals surface area contributed by atoms with Gasteiger partial charge in [0.1, 0.15) is 0 Å². The van der Waals surface area contributed by atoms with Gasteiger partial charge in [0, 0.05) is 19.0 Å². The molecule has 1 saturated carbocycles. The number of hydrogen-bond donors (Lipinski definition) is 1. The average molecular weight is 213 g/mol. The van der Waals surface area contributed by atoms with Crippen molar-refractivity contribution in [2.24, 2.45) is 11.8 Å². The van der Waals surface area contributed by atoms with Crippen molar-refractivity contribution < 1.29 is 9.90 Å². The fourth-order valence-corrected chi connectivity index (χ4v) is 1.63. The molecule has 1 atom stereocenters. The fourth-order valence-electron chi connectivity index (χ4n) is 1.63. The molecule has 1 aliphatic rings. The number of rotatable bonds is 6. The third-order valence-corrected chi connectivity index (χ3v) is 3.28. The summed E-state index contributed by atoms with van der Waals surface area (Å²) in [5.74, 6) is 1.19. The molecule has 0 aromatic carbocycles. The molecule has 0 radical (unpaired) electrons. The first-order valence-electron chi connectivity index (χ1n) is 5.96. The molecule has 88 valence electrons. The molecule has 1 aliphatic carbocycles. The number of carbonyl (C=O) groups is 1. The molecule has 1 fully saturated rings. The molecular formula is C12H23NO2. The summed E-state index contributed by atoms with van der Waals surface area (Å²) in [6.07, 6.45) is 2.85. The number of amides is 1. The van der Waals surface area contributed by atoms with Gasteiger partial charge in [0.05, 0.1) is 6.61 Å². The largest absolute Gasteiger partial charge is 0.395 e. The summed E-state index contributed by atoms with van der Waals surface area (Å²) in [7, 11) is 0. The van der Waals surface area contributed by atoms with Gasteiger partial charge < -0.3 is 10.0 Å². The second-order valence-corrected chi connectivity index (χ2v) is 4.97. The lowest BCUT2D eigenvalue weighted by Crippen LogP contribution is -2.36. The van der Waals surface area contributed by atoms with Crippen molar-refractivity contribution in [3.05, 3.63) is 0 Å². The van der Waals surface area contributed by atoms with Crippen LogP contribution < -0.4 is 0 Å². The fraction of sp³-hybridized carbons (Fsp3) is 0.917. The lowest BCUT2D eigenvalue weighted by Gasteiger charge is -2.24. The van der Waals surface area contributed by atoms with Crippen molar-refractivity contribution in [1.29, 1.82) is 0 Å². The second-order valence-electron chi connectivity index (χ2n) is 4.97. The van der Waals surface area contributed by atoms with Crippen molar-refractivity contribution in [3.63, 3.8) is 0 Å². The van der Waals surface area contributed by atoms with Crippen molar-refractivity contribution >= 4 is 5.91 Å². The first-order chi connectivity index (χ1) is 7.06. The number of aliphatic hydroxyl groups excluding tert-OH is 1. The second kappa shape index (κ2) is 5.50. The lowest BCUT2D eigenvalue weighted by atomic mass is 9.94. The topological polar surface area (TPSA) is 40.5 Å². The minimum absolute atomic E-state index is 0.0816. The molecule has 15 heavy (non-hydrogen) atoms. The Labute approximate surface area is 92.5 Å². The Balaban J connectivity index is 2.41. The van der Waals surface area contributed by atoms with E-state index in [1.165, 1.54) is 0 Å². The van der Waals surface area contributed by atoms with E-state index in [0.717, 1.165) is 12.8 Å². The van der Waals surface area contributed by atoms with E-state index in [1.54, 1.807) is 0 Å². The predicted molar refractivity (Wildman–Crippen MR) is 60.4 cm³/mol. The van der Waals surface area contributed by atoms with E-state index < -0.39 is 0 Å². The van der Waals surface area contributed by atoms with Crippen LogP contribution in [-0.4, -0.2) is 35.1 Å². The number of carbonyl (C=O) groups excluding carboxylic acids is 1. The quantitative estimate of drug-likeness (QED) is 0.729. The third kappa shape index (κ3) is 3.82. The monoisotopic (exact) mass is 213 g/mol. The summed E-state index contributed by atoms with van der Waals surface area (Å²) >= 11 is 0. The maximum Gasteiger partial charge on any atom is 0.223 e. The molecule has 0 heterocycles. The first kappa shape index (κ1) is 12.5. The Morgan fingerprint density at radius 3 is 2.40 bits per heavy atom. The van der Waals surface area contributed by atoms with Gasteiger partial charge in [0.25, 0.3) is 0 Å². The van der Waals surface area contributed by atoms with Crippen LogP contribution in [0.1, 0.15) is 40.0 Å². The standard InChI is InChI=1S/C12H23NO2/c1-9(2)10(3)8-12(15)13(6-7-14)11-4-5-11/h9-11,14H,4-8H2,1-3H3. The highest BCUT2D eigenvalue weighted by molar-refractivity contribution is 5.77. The van der Waals surface area contributed by atoms with Crippen LogP contribution in [0.5, 0.6) is 0 Å². The van der Waals surface area contributed by atoms with E-state index in [0.29, 0.717) is 30.8 Å². The van der Waals surface area contributed by atoms with Crippen LogP contribution in [0.2, 0.25) is 0 Å². The molecule has 3 heteroatoms. The normalized spacial score (nSPS) is 17.9. The van der Waals surface area contributed by atoms with E-state index >= 15 is 0 Å². The summed E-state index contributed by atoms with van der Waals surface area (Å²) in [6.45, 7) is 7.00. The molecule has 0 saturated heterocycles. The van der Waals surface area contributed by atoms with Crippen LogP contribution in [0.25, 0.3) is 0 Å². The van der Waals surface area contributed by atoms with Crippen molar-refractivity contribution in [2.45, 2.75) is 46.1 Å². The molecule has 0 aromatic heterocycles. The highest BCUT2D eigenvalue weighted by Crippen LogP contribution is 2.28. The van der Waals surface area contributed by atoms with Crippen LogP contribution >= 0.6 is 0 Å². The summed E-state index contributed by atoms with van der Waals surface area (Å²) in [5, 5.41) is 8.91. The van der Waals surface area contributed by atoms with Crippen LogP contribution in [0.3, 0.4) is 0 Å². The lowest BCUT2D eigenvalue weighted by molar-refractivity contribution is -0.133. The molecule has 0 spiro atoms. The van der Waals surface area contributed by atoms with Crippen molar-refractivity contribution in [1.82, 2.24) is 4.90 Å². The van der Waals surface area contributed by atoms with E-state index in [1.807, 2.05) is 4.90 Å². The maximum absolute atomic E-state index is 11.9. The molecule has 1 N–H and O–H groups in total.